The molecule has 0 spiro atoms. The summed E-state index contributed by atoms with van der Waals surface area (Å²) in [5.74, 6) is 0.0720. The van der Waals surface area contributed by atoms with Gasteiger partial charge in [-0.25, -0.2) is 4.79 Å². The van der Waals surface area contributed by atoms with Crippen molar-refractivity contribution in [3.63, 3.8) is 0 Å². The van der Waals surface area contributed by atoms with Crippen molar-refractivity contribution >= 4 is 40.5 Å². The van der Waals surface area contributed by atoms with Crippen molar-refractivity contribution in [3.8, 4) is 10.7 Å². The van der Waals surface area contributed by atoms with Crippen LogP contribution in [-0.2, 0) is 16.0 Å². The third-order valence-electron chi connectivity index (χ3n) is 3.43. The summed E-state index contributed by atoms with van der Waals surface area (Å²) in [4.78, 5) is 28.9. The Labute approximate surface area is 157 Å². The molecule has 1 aromatic carbocycles. The van der Waals surface area contributed by atoms with Gasteiger partial charge in [-0.3, -0.25) is 4.79 Å². The summed E-state index contributed by atoms with van der Waals surface area (Å²) in [6, 6.07) is 8.39. The lowest BCUT2D eigenvalue weighted by Crippen LogP contribution is -2.13. The highest BCUT2D eigenvalue weighted by molar-refractivity contribution is 7.13. The Morgan fingerprint density at radius 2 is 2.19 bits per heavy atom. The van der Waals surface area contributed by atoms with Gasteiger partial charge in [0.25, 0.3) is 0 Å². The van der Waals surface area contributed by atoms with Gasteiger partial charge in [0.1, 0.15) is 0 Å². The molecule has 1 N–H and O–H groups in total. The van der Waals surface area contributed by atoms with Gasteiger partial charge in [0.05, 0.1) is 22.6 Å². The number of halogens is 1. The standard InChI is InChI=1S/C17H14ClN3O4S/c1-24-17(23)11-9-10(4-5-12(11)18)19-14(22)6-7-15-20-16(21-25-15)13-3-2-8-26-13/h2-5,8-9H,6-7H2,1H3,(H,19,22). The van der Waals surface area contributed by atoms with Crippen molar-refractivity contribution in [2.24, 2.45) is 0 Å². The van der Waals surface area contributed by atoms with Crippen LogP contribution in [0.5, 0.6) is 0 Å². The summed E-state index contributed by atoms with van der Waals surface area (Å²) in [5, 5.41) is 8.77. The van der Waals surface area contributed by atoms with E-state index in [4.69, 9.17) is 16.1 Å². The average Bonchev–Trinajstić information content (AvgIpc) is 3.32. The summed E-state index contributed by atoms with van der Waals surface area (Å²) >= 11 is 7.46. The molecular weight excluding hydrogens is 378 g/mol. The van der Waals surface area contributed by atoms with E-state index in [1.807, 2.05) is 17.5 Å². The zero-order valence-corrected chi connectivity index (χ0v) is 15.3. The molecule has 134 valence electrons. The van der Waals surface area contributed by atoms with Gasteiger partial charge in [-0.1, -0.05) is 22.8 Å². The largest absolute Gasteiger partial charge is 0.465 e. The molecule has 0 unspecified atom stereocenters. The van der Waals surface area contributed by atoms with Crippen LogP contribution in [0.25, 0.3) is 10.7 Å². The quantitative estimate of drug-likeness (QED) is 0.642. The highest BCUT2D eigenvalue weighted by Gasteiger charge is 2.14. The number of anilines is 1. The lowest BCUT2D eigenvalue weighted by Gasteiger charge is -2.07. The van der Waals surface area contributed by atoms with Gasteiger partial charge in [-0.2, -0.15) is 4.98 Å². The summed E-state index contributed by atoms with van der Waals surface area (Å²) < 4.78 is 9.81. The molecule has 0 aliphatic heterocycles. The second-order valence-electron chi connectivity index (χ2n) is 5.22. The van der Waals surface area contributed by atoms with Crippen LogP contribution in [0.1, 0.15) is 22.7 Å². The Balaban J connectivity index is 1.59. The van der Waals surface area contributed by atoms with E-state index in [9.17, 15) is 9.59 Å². The molecule has 9 heteroatoms. The van der Waals surface area contributed by atoms with Crippen molar-refractivity contribution in [1.29, 1.82) is 0 Å². The Morgan fingerprint density at radius 3 is 2.92 bits per heavy atom. The van der Waals surface area contributed by atoms with Gasteiger partial charge >= 0.3 is 5.97 Å². The molecule has 2 heterocycles. The van der Waals surface area contributed by atoms with E-state index in [2.05, 4.69) is 20.2 Å². The maximum Gasteiger partial charge on any atom is 0.339 e. The van der Waals surface area contributed by atoms with E-state index in [1.54, 1.807) is 6.07 Å². The average molecular weight is 392 g/mol. The molecule has 26 heavy (non-hydrogen) atoms. The number of thiophene rings is 1. The van der Waals surface area contributed by atoms with Gasteiger partial charge in [-0.05, 0) is 29.6 Å². The number of nitrogens with one attached hydrogen (secondary N) is 1. The number of nitrogens with zero attached hydrogens (tertiary/aromatic N) is 2. The fraction of sp³-hybridized carbons (Fsp3) is 0.176. The monoisotopic (exact) mass is 391 g/mol. The molecule has 0 aliphatic rings. The smallest absolute Gasteiger partial charge is 0.339 e. The van der Waals surface area contributed by atoms with Crippen LogP contribution in [0.4, 0.5) is 5.69 Å². The first-order chi connectivity index (χ1) is 12.6. The first-order valence-electron chi connectivity index (χ1n) is 7.61. The number of benzene rings is 1. The molecule has 0 atom stereocenters. The van der Waals surface area contributed by atoms with Crippen LogP contribution in [-0.4, -0.2) is 29.1 Å². The number of carbonyl (C=O) groups is 2. The van der Waals surface area contributed by atoms with Crippen LogP contribution in [0.3, 0.4) is 0 Å². The van der Waals surface area contributed by atoms with Crippen LogP contribution >= 0.6 is 22.9 Å². The molecule has 7 nitrogen and oxygen atoms in total. The second-order valence-corrected chi connectivity index (χ2v) is 6.58. The number of hydrogen-bond acceptors (Lipinski definition) is 7. The molecule has 0 fully saturated rings. The summed E-state index contributed by atoms with van der Waals surface area (Å²) in [6.07, 6.45) is 0.462. The minimum atomic E-state index is -0.571. The summed E-state index contributed by atoms with van der Waals surface area (Å²) in [5.41, 5.74) is 0.633. The third kappa shape index (κ3) is 4.27. The van der Waals surface area contributed by atoms with Gasteiger partial charge in [0.15, 0.2) is 0 Å². The molecule has 0 aliphatic carbocycles. The zero-order valence-electron chi connectivity index (χ0n) is 13.7. The second kappa shape index (κ2) is 8.11. The number of methoxy groups -OCH3 is 1. The highest BCUT2D eigenvalue weighted by atomic mass is 35.5. The number of carbonyl (C=O) groups excluding carboxylic acids is 2. The Bertz CT molecular complexity index is 924. The van der Waals surface area contributed by atoms with Crippen molar-refractivity contribution in [2.75, 3.05) is 12.4 Å². The lowest BCUT2D eigenvalue weighted by molar-refractivity contribution is -0.116. The van der Waals surface area contributed by atoms with Crippen molar-refractivity contribution in [1.82, 2.24) is 10.1 Å². The molecular formula is C17H14ClN3O4S. The van der Waals surface area contributed by atoms with E-state index in [0.717, 1.165) is 4.88 Å². The van der Waals surface area contributed by atoms with Gasteiger partial charge in [-0.15, -0.1) is 11.3 Å². The fourth-order valence-electron chi connectivity index (χ4n) is 2.18. The van der Waals surface area contributed by atoms with E-state index in [0.29, 0.717) is 23.8 Å². The predicted molar refractivity (Wildman–Crippen MR) is 97.4 cm³/mol. The number of ether oxygens (including phenoxy) is 1. The van der Waals surface area contributed by atoms with E-state index < -0.39 is 5.97 Å². The van der Waals surface area contributed by atoms with E-state index >= 15 is 0 Å². The Hall–Kier alpha value is -2.71. The van der Waals surface area contributed by atoms with Crippen LogP contribution in [0.15, 0.2) is 40.2 Å². The highest BCUT2D eigenvalue weighted by Crippen LogP contribution is 2.23. The van der Waals surface area contributed by atoms with Gasteiger partial charge in [0.2, 0.25) is 17.6 Å². The van der Waals surface area contributed by atoms with Crippen molar-refractivity contribution < 1.29 is 18.8 Å². The molecule has 1 amide bonds. The first-order valence-corrected chi connectivity index (χ1v) is 8.87. The van der Waals surface area contributed by atoms with E-state index in [1.165, 1.54) is 30.6 Å². The first kappa shape index (κ1) is 18.1. The van der Waals surface area contributed by atoms with E-state index in [-0.39, 0.29) is 22.9 Å². The molecule has 0 saturated heterocycles. The lowest BCUT2D eigenvalue weighted by atomic mass is 10.2. The topological polar surface area (TPSA) is 94.3 Å². The summed E-state index contributed by atoms with van der Waals surface area (Å²) in [6.45, 7) is 0. The van der Waals surface area contributed by atoms with Crippen LogP contribution < -0.4 is 5.32 Å². The molecule has 2 aromatic heterocycles. The molecule has 3 rings (SSSR count). The molecule has 0 bridgehead atoms. The normalized spacial score (nSPS) is 10.5. The molecule has 3 aromatic rings. The fourth-order valence-corrected chi connectivity index (χ4v) is 3.02. The number of aryl methyl sites for hydroxylation is 1. The zero-order chi connectivity index (χ0) is 18.5. The minimum Gasteiger partial charge on any atom is -0.465 e. The third-order valence-corrected chi connectivity index (χ3v) is 4.63. The molecule has 0 radical (unpaired) electrons. The van der Waals surface area contributed by atoms with Crippen LogP contribution in [0.2, 0.25) is 5.02 Å². The number of amides is 1. The predicted octanol–water partition coefficient (Wildman–Crippen LogP) is 3.81. The Kier molecular flexibility index (Phi) is 5.65. The van der Waals surface area contributed by atoms with Crippen molar-refractivity contribution in [3.05, 3.63) is 52.2 Å². The summed E-state index contributed by atoms with van der Waals surface area (Å²) in [7, 11) is 1.26. The van der Waals surface area contributed by atoms with Crippen molar-refractivity contribution in [2.45, 2.75) is 12.8 Å². The number of rotatable bonds is 6. The van der Waals surface area contributed by atoms with Gasteiger partial charge in [0, 0.05) is 18.5 Å². The SMILES string of the molecule is COC(=O)c1cc(NC(=O)CCc2nc(-c3cccs3)no2)ccc1Cl. The molecule has 0 saturated carbocycles. The Morgan fingerprint density at radius 1 is 1.35 bits per heavy atom. The number of hydrogen-bond donors (Lipinski definition) is 1. The number of esters is 1. The van der Waals surface area contributed by atoms with Gasteiger partial charge < -0.3 is 14.6 Å². The van der Waals surface area contributed by atoms with Crippen LogP contribution in [0, 0.1) is 0 Å². The maximum absolute atomic E-state index is 12.1. The number of aromatic nitrogens is 2. The maximum atomic E-state index is 12.1. The minimum absolute atomic E-state index is 0.155.